The average Bonchev–Trinajstić information content (AvgIpc) is 2.56. The minimum atomic E-state index is -4.48. The number of likely N-dealkylation sites (N-methyl/N-ethyl adjacent to an activating group) is 1. The van der Waals surface area contributed by atoms with Crippen molar-refractivity contribution in [3.8, 4) is 11.5 Å². The summed E-state index contributed by atoms with van der Waals surface area (Å²) in [6.07, 6.45) is 0. The summed E-state index contributed by atoms with van der Waals surface area (Å²) in [4.78, 5) is 24.9. The van der Waals surface area contributed by atoms with Crippen LogP contribution in [0.4, 0.5) is 18.9 Å². The molecule has 0 atom stereocenters. The highest BCUT2D eigenvalue weighted by molar-refractivity contribution is 8.00. The Labute approximate surface area is 146 Å². The Morgan fingerprint density at radius 1 is 1.24 bits per heavy atom. The molecule has 0 spiro atoms. The van der Waals surface area contributed by atoms with E-state index < -0.39 is 34.8 Å². The van der Waals surface area contributed by atoms with Crippen molar-refractivity contribution in [3.05, 3.63) is 18.2 Å². The molecule has 0 radical (unpaired) electrons. The third-order valence-corrected chi connectivity index (χ3v) is 3.97. The molecule has 0 aliphatic carbocycles. The van der Waals surface area contributed by atoms with Crippen molar-refractivity contribution in [2.75, 3.05) is 37.4 Å². The minimum absolute atomic E-state index is 0.131. The number of nitrogens with one attached hydrogen (secondary N) is 1. The van der Waals surface area contributed by atoms with E-state index in [4.69, 9.17) is 9.47 Å². The monoisotopic (exact) mass is 378 g/mol. The number of halogens is 3. The number of thioether (sulfide) groups is 1. The molecule has 0 saturated heterocycles. The standard InChI is InChI=1S/C15H17F3N2O4S/c1-2-20(14(22)9-25-15(16,17)18)8-13(21)19-10-3-4-11-12(7-10)24-6-5-23-11/h3-4,7H,2,5-6,8-9H2,1H3,(H,19,21). The minimum Gasteiger partial charge on any atom is -0.486 e. The first-order valence-corrected chi connectivity index (χ1v) is 8.45. The van der Waals surface area contributed by atoms with Crippen LogP contribution in [0.1, 0.15) is 6.92 Å². The quantitative estimate of drug-likeness (QED) is 0.824. The number of carbonyl (C=O) groups is 2. The molecule has 1 aliphatic heterocycles. The van der Waals surface area contributed by atoms with Gasteiger partial charge in [0.1, 0.15) is 13.2 Å². The molecule has 1 aliphatic rings. The molecule has 1 N–H and O–H groups in total. The smallest absolute Gasteiger partial charge is 0.442 e. The van der Waals surface area contributed by atoms with Crippen LogP contribution in [-0.4, -0.2) is 54.3 Å². The number of fused-ring (bicyclic) bond motifs is 1. The van der Waals surface area contributed by atoms with Crippen LogP contribution < -0.4 is 14.8 Å². The summed E-state index contributed by atoms with van der Waals surface area (Å²) in [6, 6.07) is 4.85. The third-order valence-electron chi connectivity index (χ3n) is 3.25. The Kier molecular flexibility index (Phi) is 6.40. The molecule has 0 aromatic heterocycles. The lowest BCUT2D eigenvalue weighted by Gasteiger charge is -2.21. The molecule has 0 unspecified atom stereocenters. The zero-order valence-electron chi connectivity index (χ0n) is 13.4. The van der Waals surface area contributed by atoms with Crippen LogP contribution in [0.5, 0.6) is 11.5 Å². The average molecular weight is 378 g/mol. The van der Waals surface area contributed by atoms with Gasteiger partial charge in [-0.25, -0.2) is 0 Å². The van der Waals surface area contributed by atoms with Gasteiger partial charge in [0, 0.05) is 18.3 Å². The summed E-state index contributed by atoms with van der Waals surface area (Å²) in [6.45, 7) is 2.24. The van der Waals surface area contributed by atoms with Gasteiger partial charge in [0.05, 0.1) is 12.3 Å². The SMILES string of the molecule is CCN(CC(=O)Nc1ccc2c(c1)OCCO2)C(=O)CSC(F)(F)F. The number of rotatable bonds is 6. The van der Waals surface area contributed by atoms with Crippen molar-refractivity contribution >= 4 is 29.3 Å². The van der Waals surface area contributed by atoms with Gasteiger partial charge in [-0.05, 0) is 30.8 Å². The first-order valence-electron chi connectivity index (χ1n) is 7.46. The zero-order valence-corrected chi connectivity index (χ0v) is 14.2. The number of carbonyl (C=O) groups excluding carboxylic acids is 2. The van der Waals surface area contributed by atoms with Crippen molar-refractivity contribution < 1.29 is 32.2 Å². The number of amides is 2. The maximum atomic E-state index is 12.2. The molecule has 0 bridgehead atoms. The molecule has 1 aromatic carbocycles. The third kappa shape index (κ3) is 6.04. The lowest BCUT2D eigenvalue weighted by atomic mass is 10.2. The molecule has 0 saturated carbocycles. The van der Waals surface area contributed by atoms with Gasteiger partial charge in [-0.2, -0.15) is 13.2 Å². The number of hydrogen-bond donors (Lipinski definition) is 1. The summed E-state index contributed by atoms with van der Waals surface area (Å²) in [5.41, 5.74) is -4.04. The summed E-state index contributed by atoms with van der Waals surface area (Å²) in [5, 5.41) is 2.59. The van der Waals surface area contributed by atoms with Crippen molar-refractivity contribution in [2.45, 2.75) is 12.4 Å². The van der Waals surface area contributed by atoms with Crippen LogP contribution in [-0.2, 0) is 9.59 Å². The molecule has 2 amide bonds. The van der Waals surface area contributed by atoms with E-state index in [1.165, 1.54) is 0 Å². The number of ether oxygens (including phenoxy) is 2. The predicted octanol–water partition coefficient (Wildman–Crippen LogP) is 2.50. The second-order valence-electron chi connectivity index (χ2n) is 5.05. The molecule has 1 aromatic rings. The molecule has 25 heavy (non-hydrogen) atoms. The number of hydrogen-bond acceptors (Lipinski definition) is 5. The molecule has 2 rings (SSSR count). The summed E-state index contributed by atoms with van der Waals surface area (Å²) < 4.78 is 47.3. The molecule has 6 nitrogen and oxygen atoms in total. The van der Waals surface area contributed by atoms with E-state index in [9.17, 15) is 22.8 Å². The molecule has 1 heterocycles. The van der Waals surface area contributed by atoms with E-state index in [1.54, 1.807) is 25.1 Å². The number of benzene rings is 1. The highest BCUT2D eigenvalue weighted by Gasteiger charge is 2.30. The van der Waals surface area contributed by atoms with Gasteiger partial charge >= 0.3 is 5.51 Å². The zero-order chi connectivity index (χ0) is 18.4. The normalized spacial score (nSPS) is 13.3. The molecular weight excluding hydrogens is 361 g/mol. The second kappa shape index (κ2) is 8.32. The van der Waals surface area contributed by atoms with Gasteiger partial charge in [-0.15, -0.1) is 0 Å². The highest BCUT2D eigenvalue weighted by Crippen LogP contribution is 2.32. The van der Waals surface area contributed by atoms with Gasteiger partial charge in [0.15, 0.2) is 11.5 Å². The van der Waals surface area contributed by atoms with Gasteiger partial charge in [0.2, 0.25) is 11.8 Å². The van der Waals surface area contributed by atoms with E-state index in [-0.39, 0.29) is 13.1 Å². The Bertz CT molecular complexity index is 640. The van der Waals surface area contributed by atoms with Gasteiger partial charge in [-0.1, -0.05) is 0 Å². The first kappa shape index (κ1) is 19.2. The van der Waals surface area contributed by atoms with Crippen LogP contribution >= 0.6 is 11.8 Å². The number of nitrogens with zero attached hydrogens (tertiary/aromatic N) is 1. The number of alkyl halides is 3. The molecule has 138 valence electrons. The largest absolute Gasteiger partial charge is 0.486 e. The summed E-state index contributed by atoms with van der Waals surface area (Å²) >= 11 is -0.421. The Morgan fingerprint density at radius 2 is 1.92 bits per heavy atom. The first-order chi connectivity index (χ1) is 11.8. The lowest BCUT2D eigenvalue weighted by Crippen LogP contribution is -2.39. The van der Waals surface area contributed by atoms with Crippen LogP contribution in [0, 0.1) is 0 Å². The summed E-state index contributed by atoms with van der Waals surface area (Å²) in [5.74, 6) is -0.951. The van der Waals surface area contributed by atoms with Crippen LogP contribution in [0.2, 0.25) is 0 Å². The second-order valence-corrected chi connectivity index (χ2v) is 6.09. The lowest BCUT2D eigenvalue weighted by molar-refractivity contribution is -0.132. The molecule has 10 heteroatoms. The van der Waals surface area contributed by atoms with Crippen LogP contribution in [0.3, 0.4) is 0 Å². The number of anilines is 1. The molecular formula is C15H17F3N2O4S. The van der Waals surface area contributed by atoms with Crippen molar-refractivity contribution in [3.63, 3.8) is 0 Å². The van der Waals surface area contributed by atoms with Crippen LogP contribution in [0.15, 0.2) is 18.2 Å². The van der Waals surface area contributed by atoms with Crippen molar-refractivity contribution in [1.29, 1.82) is 0 Å². The van der Waals surface area contributed by atoms with E-state index in [0.29, 0.717) is 30.4 Å². The predicted molar refractivity (Wildman–Crippen MR) is 86.8 cm³/mol. The fourth-order valence-electron chi connectivity index (χ4n) is 2.11. The fraction of sp³-hybridized carbons (Fsp3) is 0.467. The molecule has 0 fully saturated rings. The topological polar surface area (TPSA) is 67.9 Å². The Balaban J connectivity index is 1.90. The van der Waals surface area contributed by atoms with E-state index in [0.717, 1.165) is 4.90 Å². The van der Waals surface area contributed by atoms with Gasteiger partial charge in [0.25, 0.3) is 0 Å². The van der Waals surface area contributed by atoms with Crippen molar-refractivity contribution in [2.24, 2.45) is 0 Å². The Morgan fingerprint density at radius 3 is 2.56 bits per heavy atom. The van der Waals surface area contributed by atoms with E-state index >= 15 is 0 Å². The fourth-order valence-corrected chi connectivity index (χ4v) is 2.58. The van der Waals surface area contributed by atoms with E-state index in [1.807, 2.05) is 0 Å². The van der Waals surface area contributed by atoms with Gasteiger partial charge < -0.3 is 19.7 Å². The highest BCUT2D eigenvalue weighted by atomic mass is 32.2. The van der Waals surface area contributed by atoms with Crippen LogP contribution in [0.25, 0.3) is 0 Å². The van der Waals surface area contributed by atoms with Crippen molar-refractivity contribution in [1.82, 2.24) is 4.90 Å². The van der Waals surface area contributed by atoms with E-state index in [2.05, 4.69) is 5.32 Å². The van der Waals surface area contributed by atoms with Gasteiger partial charge in [-0.3, -0.25) is 9.59 Å². The summed E-state index contributed by atoms with van der Waals surface area (Å²) in [7, 11) is 0. The Hall–Kier alpha value is -2.10. The maximum Gasteiger partial charge on any atom is 0.442 e. The maximum absolute atomic E-state index is 12.2.